The second kappa shape index (κ2) is 8.86. The molecule has 0 saturated heterocycles. The van der Waals surface area contributed by atoms with Crippen LogP contribution in [0.25, 0.3) is 0 Å². The third-order valence-corrected chi connectivity index (χ3v) is 5.36. The van der Waals surface area contributed by atoms with Crippen molar-refractivity contribution in [1.29, 1.82) is 0 Å². The predicted octanol–water partition coefficient (Wildman–Crippen LogP) is 4.67. The minimum Gasteiger partial charge on any atom is -0.356 e. The van der Waals surface area contributed by atoms with Crippen molar-refractivity contribution in [2.24, 2.45) is 17.8 Å². The standard InChI is InChI=1S/C22H29NO/c24-22(23-17-16-18-12-8-7-9-13-18)21-19-14-10-5-3-1-2-4-6-11-15-20(19)21/h3-9,12-13,19-21H,1-2,10-11,14-17H2,(H,23,24)/b5-3-,6-4+/t19-,20-,21?/m1/s1. The average Bonchev–Trinajstić information content (AvgIpc) is 3.28. The van der Waals surface area contributed by atoms with E-state index in [2.05, 4.69) is 53.9 Å². The Balaban J connectivity index is 1.47. The summed E-state index contributed by atoms with van der Waals surface area (Å²) in [5, 5.41) is 3.17. The van der Waals surface area contributed by atoms with Gasteiger partial charge in [-0.25, -0.2) is 0 Å². The lowest BCUT2D eigenvalue weighted by atomic mass is 10.1. The number of carbonyl (C=O) groups is 1. The van der Waals surface area contributed by atoms with E-state index in [0.717, 1.165) is 38.6 Å². The van der Waals surface area contributed by atoms with E-state index in [1.54, 1.807) is 0 Å². The first-order valence-electron chi connectivity index (χ1n) is 9.48. The van der Waals surface area contributed by atoms with Crippen molar-refractivity contribution in [2.75, 3.05) is 6.54 Å². The fraction of sp³-hybridized carbons (Fsp3) is 0.500. The molecule has 24 heavy (non-hydrogen) atoms. The van der Waals surface area contributed by atoms with E-state index in [-0.39, 0.29) is 11.8 Å². The Bertz CT molecular complexity index is 551. The van der Waals surface area contributed by atoms with Gasteiger partial charge in [-0.2, -0.15) is 0 Å². The Morgan fingerprint density at radius 2 is 1.46 bits per heavy atom. The van der Waals surface area contributed by atoms with Gasteiger partial charge in [-0.1, -0.05) is 54.6 Å². The van der Waals surface area contributed by atoms with Gasteiger partial charge in [0.05, 0.1) is 0 Å². The van der Waals surface area contributed by atoms with Gasteiger partial charge in [0.2, 0.25) is 5.91 Å². The van der Waals surface area contributed by atoms with Gasteiger partial charge in [-0.05, 0) is 62.3 Å². The van der Waals surface area contributed by atoms with E-state index in [9.17, 15) is 4.79 Å². The van der Waals surface area contributed by atoms with Crippen molar-refractivity contribution in [1.82, 2.24) is 5.32 Å². The lowest BCUT2D eigenvalue weighted by Crippen LogP contribution is -2.28. The normalized spacial score (nSPS) is 29.4. The van der Waals surface area contributed by atoms with Crippen molar-refractivity contribution < 1.29 is 4.79 Å². The Morgan fingerprint density at radius 1 is 0.875 bits per heavy atom. The van der Waals surface area contributed by atoms with Crippen LogP contribution in [-0.2, 0) is 11.2 Å². The van der Waals surface area contributed by atoms with Gasteiger partial charge in [0.15, 0.2) is 0 Å². The van der Waals surface area contributed by atoms with Gasteiger partial charge < -0.3 is 5.32 Å². The highest BCUT2D eigenvalue weighted by atomic mass is 16.2. The van der Waals surface area contributed by atoms with Crippen LogP contribution in [0.2, 0.25) is 0 Å². The smallest absolute Gasteiger partial charge is 0.223 e. The molecule has 128 valence electrons. The van der Waals surface area contributed by atoms with Crippen molar-refractivity contribution in [3.63, 3.8) is 0 Å². The highest BCUT2D eigenvalue weighted by Crippen LogP contribution is 2.52. The first kappa shape index (κ1) is 17.0. The quantitative estimate of drug-likeness (QED) is 0.801. The number of rotatable bonds is 4. The lowest BCUT2D eigenvalue weighted by molar-refractivity contribution is -0.122. The van der Waals surface area contributed by atoms with Crippen LogP contribution in [0.3, 0.4) is 0 Å². The summed E-state index contributed by atoms with van der Waals surface area (Å²) in [6, 6.07) is 10.4. The first-order chi connectivity index (χ1) is 11.9. The first-order valence-corrected chi connectivity index (χ1v) is 9.48. The molecule has 1 aromatic carbocycles. The molecular formula is C22H29NO. The molecule has 0 bridgehead atoms. The van der Waals surface area contributed by atoms with Crippen LogP contribution < -0.4 is 5.32 Å². The third-order valence-electron chi connectivity index (χ3n) is 5.36. The molecule has 0 aliphatic heterocycles. The highest BCUT2D eigenvalue weighted by Gasteiger charge is 2.52. The van der Waals surface area contributed by atoms with Crippen LogP contribution in [0.4, 0.5) is 0 Å². The number of nitrogens with one attached hydrogen (secondary N) is 1. The molecule has 2 nitrogen and oxygen atoms in total. The molecule has 1 N–H and O–H groups in total. The van der Waals surface area contributed by atoms with Crippen LogP contribution in [0, 0.1) is 17.8 Å². The zero-order valence-corrected chi connectivity index (χ0v) is 14.5. The average molecular weight is 323 g/mol. The summed E-state index contributed by atoms with van der Waals surface area (Å²) < 4.78 is 0. The molecule has 1 unspecified atom stereocenters. The van der Waals surface area contributed by atoms with Gasteiger partial charge in [0, 0.05) is 12.5 Å². The van der Waals surface area contributed by atoms with Crippen molar-refractivity contribution >= 4 is 5.91 Å². The number of allylic oxidation sites excluding steroid dienone is 4. The van der Waals surface area contributed by atoms with E-state index in [0.29, 0.717) is 11.8 Å². The molecule has 3 rings (SSSR count). The lowest BCUT2D eigenvalue weighted by Gasteiger charge is -2.05. The number of benzene rings is 1. The van der Waals surface area contributed by atoms with Crippen LogP contribution in [0.5, 0.6) is 0 Å². The van der Waals surface area contributed by atoms with E-state index in [1.807, 2.05) is 6.07 Å². The minimum absolute atomic E-state index is 0.253. The maximum absolute atomic E-state index is 12.5. The molecule has 2 aliphatic rings. The van der Waals surface area contributed by atoms with Gasteiger partial charge in [0.25, 0.3) is 0 Å². The van der Waals surface area contributed by atoms with E-state index in [4.69, 9.17) is 0 Å². The maximum atomic E-state index is 12.5. The fourth-order valence-electron chi connectivity index (χ4n) is 3.95. The molecule has 0 heterocycles. The summed E-state index contributed by atoms with van der Waals surface area (Å²) >= 11 is 0. The minimum atomic E-state index is 0.253. The summed E-state index contributed by atoms with van der Waals surface area (Å²) in [5.41, 5.74) is 1.29. The molecule has 1 aromatic rings. The molecule has 1 amide bonds. The summed E-state index contributed by atoms with van der Waals surface area (Å²) in [6.07, 6.45) is 17.0. The molecular weight excluding hydrogens is 294 g/mol. The topological polar surface area (TPSA) is 29.1 Å². The molecule has 1 fully saturated rings. The summed E-state index contributed by atoms with van der Waals surface area (Å²) in [5.74, 6) is 1.73. The van der Waals surface area contributed by atoms with Crippen LogP contribution >= 0.6 is 0 Å². The van der Waals surface area contributed by atoms with E-state index >= 15 is 0 Å². The van der Waals surface area contributed by atoms with Crippen molar-refractivity contribution in [2.45, 2.75) is 44.9 Å². The van der Waals surface area contributed by atoms with Crippen molar-refractivity contribution in [3.8, 4) is 0 Å². The molecule has 3 atom stereocenters. The number of fused-ring (bicyclic) bond motifs is 1. The number of hydrogen-bond donors (Lipinski definition) is 1. The van der Waals surface area contributed by atoms with Gasteiger partial charge >= 0.3 is 0 Å². The Labute approximate surface area is 146 Å². The largest absolute Gasteiger partial charge is 0.356 e. The second-order valence-electron chi connectivity index (χ2n) is 7.05. The molecule has 2 heteroatoms. The predicted molar refractivity (Wildman–Crippen MR) is 99.6 cm³/mol. The molecule has 1 saturated carbocycles. The third kappa shape index (κ3) is 4.83. The highest BCUT2D eigenvalue weighted by molar-refractivity contribution is 5.82. The van der Waals surface area contributed by atoms with Gasteiger partial charge in [-0.15, -0.1) is 0 Å². The Morgan fingerprint density at radius 3 is 2.08 bits per heavy atom. The van der Waals surface area contributed by atoms with Gasteiger partial charge in [-0.3, -0.25) is 4.79 Å². The Kier molecular flexibility index (Phi) is 6.28. The van der Waals surface area contributed by atoms with Crippen molar-refractivity contribution in [3.05, 3.63) is 60.2 Å². The molecule has 0 aromatic heterocycles. The summed E-state index contributed by atoms with van der Waals surface area (Å²) in [4.78, 5) is 12.5. The van der Waals surface area contributed by atoms with Gasteiger partial charge in [0.1, 0.15) is 0 Å². The Hall–Kier alpha value is -1.83. The molecule has 2 aliphatic carbocycles. The van der Waals surface area contributed by atoms with Crippen LogP contribution in [0.15, 0.2) is 54.6 Å². The van der Waals surface area contributed by atoms with E-state index in [1.165, 1.54) is 18.4 Å². The zero-order valence-electron chi connectivity index (χ0n) is 14.5. The monoisotopic (exact) mass is 323 g/mol. The molecule has 0 radical (unpaired) electrons. The fourth-order valence-corrected chi connectivity index (χ4v) is 3.95. The number of amides is 1. The summed E-state index contributed by atoms with van der Waals surface area (Å²) in [7, 11) is 0. The number of carbonyl (C=O) groups excluding carboxylic acids is 1. The number of hydrogen-bond acceptors (Lipinski definition) is 1. The second-order valence-corrected chi connectivity index (χ2v) is 7.05. The van der Waals surface area contributed by atoms with Crippen LogP contribution in [-0.4, -0.2) is 12.5 Å². The van der Waals surface area contributed by atoms with Crippen LogP contribution in [0.1, 0.15) is 44.1 Å². The zero-order chi connectivity index (χ0) is 16.6. The van der Waals surface area contributed by atoms with E-state index < -0.39 is 0 Å². The molecule has 0 spiro atoms. The summed E-state index contributed by atoms with van der Waals surface area (Å²) in [6.45, 7) is 0.749. The maximum Gasteiger partial charge on any atom is 0.223 e. The SMILES string of the molecule is O=C(NCCc1ccccc1)C1[C@@H]2CC/C=C\CC/C=C/CC[C@@H]12.